The number of ether oxygens (including phenoxy) is 3. The Morgan fingerprint density at radius 1 is 1.12 bits per heavy atom. The van der Waals surface area contributed by atoms with Crippen molar-refractivity contribution in [2.75, 3.05) is 14.2 Å². The van der Waals surface area contributed by atoms with Crippen LogP contribution in [0.25, 0.3) is 0 Å². The molecule has 2 bridgehead atoms. The van der Waals surface area contributed by atoms with E-state index in [1.807, 2.05) is 18.2 Å². The Bertz CT molecular complexity index is 768. The second kappa shape index (κ2) is 6.07. The van der Waals surface area contributed by atoms with Crippen molar-refractivity contribution in [2.24, 2.45) is 11.8 Å². The van der Waals surface area contributed by atoms with Crippen molar-refractivity contribution in [3.8, 4) is 0 Å². The van der Waals surface area contributed by atoms with E-state index in [1.165, 1.54) is 12.7 Å². The predicted octanol–water partition coefficient (Wildman–Crippen LogP) is 3.64. The molecule has 1 aromatic rings. The second-order valence-electron chi connectivity index (χ2n) is 7.94. The lowest BCUT2D eigenvalue weighted by atomic mass is 9.64. The maximum absolute atomic E-state index is 12.6. The van der Waals surface area contributed by atoms with Gasteiger partial charge in [-0.25, -0.2) is 0 Å². The number of esters is 1. The summed E-state index contributed by atoms with van der Waals surface area (Å²) < 4.78 is 17.5. The summed E-state index contributed by atoms with van der Waals surface area (Å²) >= 11 is 0. The van der Waals surface area contributed by atoms with Crippen molar-refractivity contribution < 1.29 is 19.0 Å². The minimum Gasteiger partial charge on any atom is -0.469 e. The normalized spacial score (nSPS) is 40.7. The van der Waals surface area contributed by atoms with Gasteiger partial charge in [0.05, 0.1) is 18.6 Å². The lowest BCUT2D eigenvalue weighted by Gasteiger charge is -2.51. The van der Waals surface area contributed by atoms with Crippen LogP contribution in [0.1, 0.15) is 31.7 Å². The van der Waals surface area contributed by atoms with Gasteiger partial charge in [-0.05, 0) is 31.4 Å². The predicted molar refractivity (Wildman–Crippen MR) is 98.7 cm³/mol. The zero-order chi connectivity index (χ0) is 18.5. The summed E-state index contributed by atoms with van der Waals surface area (Å²) in [7, 11) is 3.20. The molecule has 6 atom stereocenters. The minimum absolute atomic E-state index is 0.0164. The molecule has 138 valence electrons. The molecule has 0 N–H and O–H groups in total. The fourth-order valence-electron chi connectivity index (χ4n) is 5.11. The Kier molecular flexibility index (Phi) is 4.08. The number of methoxy groups -OCH3 is 2. The Hall–Kier alpha value is -1.91. The number of hydrogen-bond acceptors (Lipinski definition) is 4. The maximum Gasteiger partial charge on any atom is 0.309 e. The van der Waals surface area contributed by atoms with Gasteiger partial charge in [0.2, 0.25) is 0 Å². The van der Waals surface area contributed by atoms with E-state index in [2.05, 4.69) is 44.2 Å². The number of hydrogen-bond donors (Lipinski definition) is 0. The highest BCUT2D eigenvalue weighted by molar-refractivity contribution is 5.75. The van der Waals surface area contributed by atoms with Crippen molar-refractivity contribution in [2.45, 2.75) is 43.5 Å². The van der Waals surface area contributed by atoms with Gasteiger partial charge < -0.3 is 14.2 Å². The number of allylic oxidation sites excluding steroid dienone is 1. The van der Waals surface area contributed by atoms with Gasteiger partial charge in [-0.15, -0.1) is 0 Å². The molecule has 4 rings (SSSR count). The van der Waals surface area contributed by atoms with Crippen LogP contribution in [0.2, 0.25) is 0 Å². The van der Waals surface area contributed by atoms with Gasteiger partial charge in [0.1, 0.15) is 11.7 Å². The van der Waals surface area contributed by atoms with E-state index in [-0.39, 0.29) is 29.8 Å². The molecule has 2 aliphatic heterocycles. The molecule has 0 amide bonds. The molecule has 1 aromatic carbocycles. The van der Waals surface area contributed by atoms with Crippen LogP contribution < -0.4 is 0 Å². The molecule has 1 fully saturated rings. The van der Waals surface area contributed by atoms with Gasteiger partial charge >= 0.3 is 5.97 Å². The Balaban J connectivity index is 1.84. The molecular formula is C22H26O4. The van der Waals surface area contributed by atoms with Gasteiger partial charge in [-0.2, -0.15) is 0 Å². The van der Waals surface area contributed by atoms with Crippen LogP contribution in [-0.2, 0) is 19.0 Å². The van der Waals surface area contributed by atoms with Gasteiger partial charge in [0, 0.05) is 18.9 Å². The van der Waals surface area contributed by atoms with Crippen LogP contribution in [0.4, 0.5) is 0 Å². The van der Waals surface area contributed by atoms with Crippen LogP contribution in [0.5, 0.6) is 0 Å². The molecule has 2 heterocycles. The van der Waals surface area contributed by atoms with E-state index in [4.69, 9.17) is 14.2 Å². The first kappa shape index (κ1) is 17.5. The first-order valence-corrected chi connectivity index (χ1v) is 9.19. The topological polar surface area (TPSA) is 44.8 Å². The van der Waals surface area contributed by atoms with Gasteiger partial charge in [-0.1, -0.05) is 48.6 Å². The number of carbonyl (C=O) groups excluding carboxylic acids is 1. The molecule has 0 saturated carbocycles. The van der Waals surface area contributed by atoms with Crippen LogP contribution >= 0.6 is 0 Å². The number of carbonyl (C=O) groups is 1. The first-order chi connectivity index (χ1) is 12.4. The van der Waals surface area contributed by atoms with Gasteiger partial charge in [-0.3, -0.25) is 4.79 Å². The van der Waals surface area contributed by atoms with Crippen molar-refractivity contribution in [1.29, 1.82) is 0 Å². The Labute approximate surface area is 154 Å². The summed E-state index contributed by atoms with van der Waals surface area (Å²) in [5.41, 5.74) is 1.49. The zero-order valence-electron chi connectivity index (χ0n) is 15.8. The summed E-state index contributed by atoms with van der Waals surface area (Å²) in [5, 5.41) is 0. The third kappa shape index (κ3) is 2.47. The fraction of sp³-hybridized carbons (Fsp3) is 0.500. The van der Waals surface area contributed by atoms with Crippen LogP contribution in [-0.4, -0.2) is 37.5 Å². The van der Waals surface area contributed by atoms with E-state index >= 15 is 0 Å². The van der Waals surface area contributed by atoms with Gasteiger partial charge in [0.25, 0.3) is 0 Å². The third-order valence-corrected chi connectivity index (χ3v) is 6.32. The highest BCUT2D eigenvalue weighted by Crippen LogP contribution is 2.55. The van der Waals surface area contributed by atoms with Crippen molar-refractivity contribution in [3.05, 3.63) is 59.7 Å². The average molecular weight is 354 g/mol. The Morgan fingerprint density at radius 3 is 2.46 bits per heavy atom. The largest absolute Gasteiger partial charge is 0.469 e. The van der Waals surface area contributed by atoms with E-state index in [1.54, 1.807) is 7.11 Å². The molecule has 1 aliphatic carbocycles. The van der Waals surface area contributed by atoms with Crippen molar-refractivity contribution >= 4 is 5.97 Å². The molecule has 1 saturated heterocycles. The number of rotatable bonds is 3. The summed E-state index contributed by atoms with van der Waals surface area (Å²) in [6.07, 6.45) is 7.04. The monoisotopic (exact) mass is 354 g/mol. The minimum atomic E-state index is -0.467. The quantitative estimate of drug-likeness (QED) is 0.614. The molecule has 4 heteroatoms. The molecule has 3 aliphatic rings. The summed E-state index contributed by atoms with van der Waals surface area (Å²) in [4.78, 5) is 12.6. The Morgan fingerprint density at radius 2 is 1.81 bits per heavy atom. The van der Waals surface area contributed by atoms with Crippen molar-refractivity contribution in [3.63, 3.8) is 0 Å². The second-order valence-corrected chi connectivity index (χ2v) is 7.94. The van der Waals surface area contributed by atoms with Crippen molar-refractivity contribution in [1.82, 2.24) is 0 Å². The molecule has 0 aromatic heterocycles. The lowest BCUT2D eigenvalue weighted by molar-refractivity contribution is -0.178. The molecular weight excluding hydrogens is 328 g/mol. The number of benzene rings is 1. The molecule has 4 nitrogen and oxygen atoms in total. The van der Waals surface area contributed by atoms with E-state index < -0.39 is 11.2 Å². The molecule has 0 spiro atoms. The fourth-order valence-corrected chi connectivity index (χ4v) is 5.11. The smallest absolute Gasteiger partial charge is 0.309 e. The van der Waals surface area contributed by atoms with E-state index in [9.17, 15) is 4.79 Å². The van der Waals surface area contributed by atoms with Crippen LogP contribution in [0.15, 0.2) is 54.1 Å². The summed E-state index contributed by atoms with van der Waals surface area (Å²) in [6.45, 7) is 4.18. The van der Waals surface area contributed by atoms with Crippen LogP contribution in [0.3, 0.4) is 0 Å². The average Bonchev–Trinajstić information content (AvgIpc) is 2.94. The summed E-state index contributed by atoms with van der Waals surface area (Å²) in [6, 6.07) is 10.2. The van der Waals surface area contributed by atoms with Gasteiger partial charge in [0.15, 0.2) is 0 Å². The van der Waals surface area contributed by atoms with E-state index in [0.717, 1.165) is 5.56 Å². The maximum atomic E-state index is 12.6. The SMILES string of the molecule is COC(=O)[C@@H]1C[C@@H]2C(=C[C@H]1c1ccccc1)[C@@H](OC)[C@@]1(C)C=C[C@]2(C)O1. The summed E-state index contributed by atoms with van der Waals surface area (Å²) in [5.74, 6) is -0.310. The highest BCUT2D eigenvalue weighted by atomic mass is 16.6. The number of fused-ring (bicyclic) bond motifs is 4. The lowest BCUT2D eigenvalue weighted by Crippen LogP contribution is -2.56. The first-order valence-electron chi connectivity index (χ1n) is 9.19. The van der Waals surface area contributed by atoms with E-state index in [0.29, 0.717) is 6.42 Å². The molecule has 0 unspecified atom stereocenters. The molecule has 26 heavy (non-hydrogen) atoms. The zero-order valence-corrected chi connectivity index (χ0v) is 15.8. The standard InChI is InChI=1S/C22H26O4/c1-21-10-11-22(2,26-21)19(24-3)17-12-15(14-8-6-5-7-9-14)16(13-18(17)21)20(23)25-4/h5-12,15-16,18-19H,13H2,1-4H3/t15-,16+,18+,19+,21-,22+/m0/s1. The highest BCUT2D eigenvalue weighted by Gasteiger charge is 2.59. The van der Waals surface area contributed by atoms with Crippen LogP contribution in [0, 0.1) is 11.8 Å². The molecule has 0 radical (unpaired) electrons. The third-order valence-electron chi connectivity index (χ3n) is 6.32.